The van der Waals surface area contributed by atoms with Gasteiger partial charge in [-0.05, 0) is 55.7 Å². The Labute approximate surface area is 195 Å². The van der Waals surface area contributed by atoms with Crippen LogP contribution in [0.5, 0.6) is 0 Å². The van der Waals surface area contributed by atoms with Crippen molar-refractivity contribution in [3.05, 3.63) is 55.3 Å². The number of rotatable bonds is 4. The zero-order valence-corrected chi connectivity index (χ0v) is 19.1. The molecule has 3 aromatic rings. The van der Waals surface area contributed by atoms with Crippen LogP contribution in [-0.2, 0) is 0 Å². The van der Waals surface area contributed by atoms with Crippen LogP contribution in [0.1, 0.15) is 32.1 Å². The zero-order valence-electron chi connectivity index (χ0n) is 19.1. The molecule has 1 atom stereocenters. The molecule has 3 fully saturated rings. The Balaban J connectivity index is 1.22. The molecule has 7 nitrogen and oxygen atoms in total. The van der Waals surface area contributed by atoms with E-state index in [9.17, 15) is 0 Å². The molecule has 0 bridgehead atoms. The number of likely N-dealkylation sites (tertiary alicyclic amines) is 1. The predicted octanol–water partition coefficient (Wildman–Crippen LogP) is 3.64. The lowest BCUT2D eigenvalue weighted by atomic mass is 9.76. The van der Waals surface area contributed by atoms with Crippen LogP contribution in [0.2, 0.25) is 0 Å². The summed E-state index contributed by atoms with van der Waals surface area (Å²) in [6, 6.07) is 6.39. The molecule has 1 unspecified atom stereocenters. The van der Waals surface area contributed by atoms with Gasteiger partial charge in [0.25, 0.3) is 0 Å². The van der Waals surface area contributed by atoms with Gasteiger partial charge in [-0.15, -0.1) is 0 Å². The first-order valence-corrected chi connectivity index (χ1v) is 12.2. The lowest BCUT2D eigenvalue weighted by Crippen LogP contribution is -2.41. The van der Waals surface area contributed by atoms with Gasteiger partial charge < -0.3 is 15.1 Å². The summed E-state index contributed by atoms with van der Waals surface area (Å²) in [5.74, 6) is 1.76. The van der Waals surface area contributed by atoms with Crippen molar-refractivity contribution in [2.75, 3.05) is 37.6 Å². The van der Waals surface area contributed by atoms with Crippen molar-refractivity contribution in [2.45, 2.75) is 38.1 Å². The minimum Gasteiger partial charge on any atom is -0.374 e. The highest BCUT2D eigenvalue weighted by molar-refractivity contribution is 5.90. The van der Waals surface area contributed by atoms with Gasteiger partial charge in [-0.2, -0.15) is 0 Å². The maximum atomic E-state index is 5.03. The Bertz CT molecular complexity index is 1150. The van der Waals surface area contributed by atoms with Crippen molar-refractivity contribution in [2.24, 2.45) is 5.41 Å². The molecule has 0 saturated carbocycles. The summed E-state index contributed by atoms with van der Waals surface area (Å²) in [5, 5.41) is 4.88. The number of nitrogens with zero attached hydrogens (tertiary/aromatic N) is 6. The summed E-state index contributed by atoms with van der Waals surface area (Å²) in [5.41, 5.74) is 3.54. The van der Waals surface area contributed by atoms with Crippen molar-refractivity contribution in [3.8, 4) is 11.4 Å². The van der Waals surface area contributed by atoms with Gasteiger partial charge in [0.2, 0.25) is 0 Å². The molecule has 33 heavy (non-hydrogen) atoms. The summed E-state index contributed by atoms with van der Waals surface area (Å²) in [6.45, 7) is 9.92. The van der Waals surface area contributed by atoms with E-state index in [1.807, 2.05) is 30.6 Å². The Morgan fingerprint density at radius 2 is 1.73 bits per heavy atom. The third kappa shape index (κ3) is 3.84. The van der Waals surface area contributed by atoms with Crippen LogP contribution in [-0.4, -0.2) is 63.6 Å². The van der Waals surface area contributed by atoms with Crippen LogP contribution < -0.4 is 10.2 Å². The first-order chi connectivity index (χ1) is 16.2. The van der Waals surface area contributed by atoms with E-state index >= 15 is 0 Å². The predicted molar refractivity (Wildman–Crippen MR) is 131 cm³/mol. The second-order valence-corrected chi connectivity index (χ2v) is 9.81. The number of fused-ring (bicyclic) bond motifs is 1. The van der Waals surface area contributed by atoms with Gasteiger partial charge in [-0.1, -0.05) is 6.58 Å². The molecule has 3 saturated heterocycles. The number of aromatic nitrogens is 4. The normalized spacial score (nSPS) is 22.4. The number of anilines is 1. The Morgan fingerprint density at radius 3 is 2.52 bits per heavy atom. The zero-order chi connectivity index (χ0) is 22.3. The molecule has 3 aromatic heterocycles. The van der Waals surface area contributed by atoms with Crippen molar-refractivity contribution < 1.29 is 0 Å². The highest BCUT2D eigenvalue weighted by Gasteiger charge is 2.43. The lowest BCUT2D eigenvalue weighted by molar-refractivity contribution is 0.240. The van der Waals surface area contributed by atoms with E-state index in [1.54, 1.807) is 12.4 Å². The molecule has 3 aliphatic heterocycles. The Hall–Kier alpha value is -3.06. The summed E-state index contributed by atoms with van der Waals surface area (Å²) >= 11 is 0. The minimum atomic E-state index is 0.363. The van der Waals surface area contributed by atoms with E-state index < -0.39 is 0 Å². The van der Waals surface area contributed by atoms with Crippen LogP contribution >= 0.6 is 0 Å². The van der Waals surface area contributed by atoms with Crippen LogP contribution in [0.3, 0.4) is 0 Å². The molecule has 7 heteroatoms. The largest absolute Gasteiger partial charge is 0.374 e. The molecule has 1 N–H and O–H groups in total. The quantitative estimate of drug-likeness (QED) is 0.663. The molecule has 0 aromatic carbocycles. The van der Waals surface area contributed by atoms with Crippen LogP contribution in [0, 0.1) is 5.41 Å². The van der Waals surface area contributed by atoms with E-state index in [4.69, 9.17) is 9.97 Å². The number of nitrogens with one attached hydrogen (secondary N) is 1. The fourth-order valence-electron chi connectivity index (χ4n) is 5.79. The molecule has 3 aliphatic rings. The maximum absolute atomic E-state index is 5.03. The third-order valence-corrected chi connectivity index (χ3v) is 7.82. The van der Waals surface area contributed by atoms with E-state index in [2.05, 4.69) is 31.7 Å². The molecule has 1 spiro atoms. The number of piperidine rings is 1. The topological polar surface area (TPSA) is 70.1 Å². The summed E-state index contributed by atoms with van der Waals surface area (Å²) < 4.78 is 0. The lowest BCUT2D eigenvalue weighted by Gasteiger charge is -2.40. The molecule has 0 amide bonds. The average Bonchev–Trinajstić information content (AvgIpc) is 3.55. The molecular formula is C26H31N7. The number of pyridine rings is 2. The molecule has 6 rings (SSSR count). The average molecular weight is 442 g/mol. The minimum absolute atomic E-state index is 0.363. The van der Waals surface area contributed by atoms with Crippen LogP contribution in [0.4, 0.5) is 5.82 Å². The van der Waals surface area contributed by atoms with E-state index in [-0.39, 0.29) is 0 Å². The van der Waals surface area contributed by atoms with Gasteiger partial charge in [0.15, 0.2) is 5.82 Å². The second kappa shape index (κ2) is 8.37. The SMILES string of the molecule is C=C(C1CC2(CCN(c3nc(-c4ccncc4)nc4cnccc34)CC2)CN1)N1CCCC1. The van der Waals surface area contributed by atoms with Gasteiger partial charge in [0.1, 0.15) is 5.82 Å². The van der Waals surface area contributed by atoms with E-state index in [0.717, 1.165) is 47.7 Å². The van der Waals surface area contributed by atoms with Crippen LogP contribution in [0.15, 0.2) is 55.3 Å². The molecule has 0 radical (unpaired) electrons. The van der Waals surface area contributed by atoms with Crippen molar-refractivity contribution >= 4 is 16.7 Å². The fraction of sp³-hybridized carbons (Fsp3) is 0.462. The monoisotopic (exact) mass is 441 g/mol. The molecule has 170 valence electrons. The first-order valence-electron chi connectivity index (χ1n) is 12.2. The van der Waals surface area contributed by atoms with Crippen molar-refractivity contribution in [1.82, 2.24) is 30.2 Å². The summed E-state index contributed by atoms with van der Waals surface area (Å²) in [4.78, 5) is 23.2. The molecule has 6 heterocycles. The van der Waals surface area contributed by atoms with Crippen molar-refractivity contribution in [1.29, 1.82) is 0 Å². The standard InChI is InChI=1S/C26H31N7/c1-19(32-12-2-3-13-32)22-16-26(18-29-22)7-14-33(15-8-26)25-21-6-11-28-17-23(21)30-24(31-25)20-4-9-27-10-5-20/h4-6,9-11,17,22,29H,1-3,7-8,12-16,18H2. The number of hydrogen-bond acceptors (Lipinski definition) is 7. The van der Waals surface area contributed by atoms with E-state index in [1.165, 1.54) is 50.9 Å². The smallest absolute Gasteiger partial charge is 0.162 e. The summed E-state index contributed by atoms with van der Waals surface area (Å²) in [6.07, 6.45) is 13.4. The van der Waals surface area contributed by atoms with E-state index in [0.29, 0.717) is 11.5 Å². The first kappa shape index (κ1) is 20.5. The molecular weight excluding hydrogens is 410 g/mol. The van der Waals surface area contributed by atoms with Crippen LogP contribution in [0.25, 0.3) is 22.3 Å². The highest BCUT2D eigenvalue weighted by Crippen LogP contribution is 2.42. The van der Waals surface area contributed by atoms with Crippen molar-refractivity contribution in [3.63, 3.8) is 0 Å². The van der Waals surface area contributed by atoms with Gasteiger partial charge >= 0.3 is 0 Å². The Morgan fingerprint density at radius 1 is 0.970 bits per heavy atom. The van der Waals surface area contributed by atoms with Gasteiger partial charge in [-0.25, -0.2) is 9.97 Å². The highest BCUT2D eigenvalue weighted by atomic mass is 15.2. The fourth-order valence-corrected chi connectivity index (χ4v) is 5.79. The second-order valence-electron chi connectivity index (χ2n) is 9.81. The Kier molecular flexibility index (Phi) is 5.21. The van der Waals surface area contributed by atoms with Gasteiger partial charge in [0.05, 0.1) is 11.7 Å². The van der Waals surface area contributed by atoms with Gasteiger partial charge in [0, 0.05) is 74.0 Å². The third-order valence-electron chi connectivity index (χ3n) is 7.82. The molecule has 0 aliphatic carbocycles. The van der Waals surface area contributed by atoms with Gasteiger partial charge in [-0.3, -0.25) is 9.97 Å². The summed E-state index contributed by atoms with van der Waals surface area (Å²) in [7, 11) is 0. The number of hydrogen-bond donors (Lipinski definition) is 1. The maximum Gasteiger partial charge on any atom is 0.162 e.